The van der Waals surface area contributed by atoms with Gasteiger partial charge in [0.25, 0.3) is 0 Å². The van der Waals surface area contributed by atoms with Gasteiger partial charge in [-0.15, -0.1) is 0 Å². The molecule has 0 spiro atoms. The maximum Gasteiger partial charge on any atom is 0.240 e. The van der Waals surface area contributed by atoms with E-state index in [0.717, 1.165) is 38.5 Å². The van der Waals surface area contributed by atoms with Crippen molar-refractivity contribution < 1.29 is 9.90 Å². The van der Waals surface area contributed by atoms with Gasteiger partial charge in [0, 0.05) is 13.2 Å². The number of hydrogen-bond donors (Lipinski definition) is 3. The van der Waals surface area contributed by atoms with Gasteiger partial charge in [-0.05, 0) is 25.7 Å². The second-order valence-corrected chi connectivity index (χ2v) is 4.40. The molecule has 4 nitrogen and oxygen atoms in total. The van der Waals surface area contributed by atoms with Crippen LogP contribution in [0.2, 0.25) is 0 Å². The Morgan fingerprint density at radius 1 is 1.27 bits per heavy atom. The van der Waals surface area contributed by atoms with Gasteiger partial charge in [0.1, 0.15) is 0 Å². The highest BCUT2D eigenvalue weighted by Crippen LogP contribution is 2.25. The minimum atomic E-state index is -0.628. The molecule has 4 heteroatoms. The van der Waals surface area contributed by atoms with Crippen LogP contribution in [0.3, 0.4) is 0 Å². The first-order chi connectivity index (χ1) is 7.19. The van der Waals surface area contributed by atoms with Crippen LogP contribution in [0.5, 0.6) is 0 Å². The van der Waals surface area contributed by atoms with Gasteiger partial charge in [-0.3, -0.25) is 4.79 Å². The molecule has 4 N–H and O–H groups in total. The standard InChI is InChI=1S/C11H22N2O2/c12-11(6-2-1-3-7-11)10(15)13-8-4-5-9-14/h14H,1-9,12H2,(H,13,15). The van der Waals surface area contributed by atoms with Crippen molar-refractivity contribution >= 4 is 5.91 Å². The van der Waals surface area contributed by atoms with Gasteiger partial charge < -0.3 is 16.2 Å². The van der Waals surface area contributed by atoms with Crippen molar-refractivity contribution in [1.29, 1.82) is 0 Å². The van der Waals surface area contributed by atoms with E-state index in [-0.39, 0.29) is 12.5 Å². The number of rotatable bonds is 5. The molecule has 1 rings (SSSR count). The molecule has 1 amide bonds. The lowest BCUT2D eigenvalue weighted by atomic mass is 9.82. The van der Waals surface area contributed by atoms with Gasteiger partial charge >= 0.3 is 0 Å². The minimum Gasteiger partial charge on any atom is -0.396 e. The summed E-state index contributed by atoms with van der Waals surface area (Å²) in [4.78, 5) is 11.8. The first kappa shape index (κ1) is 12.5. The number of nitrogens with one attached hydrogen (secondary N) is 1. The van der Waals surface area contributed by atoms with Gasteiger partial charge in [-0.2, -0.15) is 0 Å². The predicted molar refractivity (Wildman–Crippen MR) is 59.3 cm³/mol. The molecule has 0 aromatic heterocycles. The molecule has 1 aliphatic carbocycles. The zero-order valence-electron chi connectivity index (χ0n) is 9.30. The molecule has 1 fully saturated rings. The van der Waals surface area contributed by atoms with Gasteiger partial charge in [-0.25, -0.2) is 0 Å². The zero-order valence-corrected chi connectivity index (χ0v) is 9.30. The molecule has 0 aromatic rings. The van der Waals surface area contributed by atoms with E-state index >= 15 is 0 Å². The van der Waals surface area contributed by atoms with Crippen molar-refractivity contribution in [3.05, 3.63) is 0 Å². The Balaban J connectivity index is 2.25. The Labute approximate surface area is 91.2 Å². The number of carbonyl (C=O) groups is 1. The average Bonchev–Trinajstić information content (AvgIpc) is 2.25. The summed E-state index contributed by atoms with van der Waals surface area (Å²) in [5.74, 6) is -0.0138. The van der Waals surface area contributed by atoms with E-state index in [1.54, 1.807) is 0 Å². The summed E-state index contributed by atoms with van der Waals surface area (Å²) in [7, 11) is 0. The Bertz CT molecular complexity index is 201. The molecule has 88 valence electrons. The van der Waals surface area contributed by atoms with Gasteiger partial charge in [0.05, 0.1) is 5.54 Å². The third-order valence-corrected chi connectivity index (χ3v) is 3.07. The predicted octanol–water partition coefficient (Wildman–Crippen LogP) is 0.537. The van der Waals surface area contributed by atoms with Crippen LogP contribution in [0.1, 0.15) is 44.9 Å². The van der Waals surface area contributed by atoms with E-state index < -0.39 is 5.54 Å². The van der Waals surface area contributed by atoms with Crippen molar-refractivity contribution in [3.8, 4) is 0 Å². The van der Waals surface area contributed by atoms with Crippen LogP contribution < -0.4 is 11.1 Å². The van der Waals surface area contributed by atoms with Crippen molar-refractivity contribution in [2.24, 2.45) is 5.73 Å². The van der Waals surface area contributed by atoms with E-state index in [1.807, 2.05) is 0 Å². The largest absolute Gasteiger partial charge is 0.396 e. The molecular formula is C11H22N2O2. The van der Waals surface area contributed by atoms with Crippen LogP contribution >= 0.6 is 0 Å². The Hall–Kier alpha value is -0.610. The monoisotopic (exact) mass is 214 g/mol. The zero-order chi connectivity index (χ0) is 11.1. The minimum absolute atomic E-state index is 0.0138. The highest BCUT2D eigenvalue weighted by atomic mass is 16.2. The van der Waals surface area contributed by atoms with Crippen LogP contribution in [0.15, 0.2) is 0 Å². The van der Waals surface area contributed by atoms with Crippen LogP contribution in [-0.2, 0) is 4.79 Å². The molecule has 0 unspecified atom stereocenters. The molecule has 0 aromatic carbocycles. The van der Waals surface area contributed by atoms with Crippen molar-refractivity contribution in [1.82, 2.24) is 5.32 Å². The fourth-order valence-corrected chi connectivity index (χ4v) is 2.02. The lowest BCUT2D eigenvalue weighted by Crippen LogP contribution is -2.55. The maximum absolute atomic E-state index is 11.8. The van der Waals surface area contributed by atoms with E-state index in [2.05, 4.69) is 5.32 Å². The third kappa shape index (κ3) is 3.80. The Kier molecular flexibility index (Phi) is 5.05. The summed E-state index contributed by atoms with van der Waals surface area (Å²) in [5.41, 5.74) is 5.43. The third-order valence-electron chi connectivity index (χ3n) is 3.07. The summed E-state index contributed by atoms with van der Waals surface area (Å²) in [6.07, 6.45) is 6.46. The normalized spacial score (nSPS) is 19.9. The van der Waals surface area contributed by atoms with Crippen LogP contribution in [0, 0.1) is 0 Å². The molecule has 0 saturated heterocycles. The van der Waals surface area contributed by atoms with Gasteiger partial charge in [0.15, 0.2) is 0 Å². The molecule has 15 heavy (non-hydrogen) atoms. The van der Waals surface area contributed by atoms with Crippen molar-refractivity contribution in [3.63, 3.8) is 0 Å². The van der Waals surface area contributed by atoms with E-state index in [4.69, 9.17) is 10.8 Å². The molecular weight excluding hydrogens is 192 g/mol. The summed E-state index contributed by atoms with van der Waals surface area (Å²) < 4.78 is 0. The first-order valence-corrected chi connectivity index (χ1v) is 5.87. The number of amides is 1. The van der Waals surface area contributed by atoms with Gasteiger partial charge in [-0.1, -0.05) is 19.3 Å². The molecule has 0 radical (unpaired) electrons. The smallest absolute Gasteiger partial charge is 0.240 e. The number of unbranched alkanes of at least 4 members (excludes halogenated alkanes) is 1. The van der Waals surface area contributed by atoms with E-state index in [1.165, 1.54) is 6.42 Å². The molecule has 0 atom stereocenters. The second-order valence-electron chi connectivity index (χ2n) is 4.40. The topological polar surface area (TPSA) is 75.4 Å². The lowest BCUT2D eigenvalue weighted by Gasteiger charge is -2.31. The summed E-state index contributed by atoms with van der Waals surface area (Å²) in [6, 6.07) is 0. The molecule has 0 bridgehead atoms. The first-order valence-electron chi connectivity index (χ1n) is 5.87. The van der Waals surface area contributed by atoms with Crippen LogP contribution in [0.4, 0.5) is 0 Å². The summed E-state index contributed by atoms with van der Waals surface area (Å²) >= 11 is 0. The van der Waals surface area contributed by atoms with Crippen molar-refractivity contribution in [2.75, 3.05) is 13.2 Å². The molecule has 1 aliphatic rings. The summed E-state index contributed by atoms with van der Waals surface area (Å²) in [5, 5.41) is 11.4. The molecule has 1 saturated carbocycles. The average molecular weight is 214 g/mol. The van der Waals surface area contributed by atoms with E-state index in [0.29, 0.717) is 6.54 Å². The van der Waals surface area contributed by atoms with Crippen LogP contribution in [0.25, 0.3) is 0 Å². The number of aliphatic hydroxyl groups excluding tert-OH is 1. The number of hydrogen-bond acceptors (Lipinski definition) is 3. The van der Waals surface area contributed by atoms with E-state index in [9.17, 15) is 4.79 Å². The fourth-order valence-electron chi connectivity index (χ4n) is 2.02. The van der Waals surface area contributed by atoms with Crippen molar-refractivity contribution in [2.45, 2.75) is 50.5 Å². The number of aliphatic hydroxyl groups is 1. The number of nitrogens with two attached hydrogens (primary N) is 1. The Morgan fingerprint density at radius 2 is 1.93 bits per heavy atom. The Morgan fingerprint density at radius 3 is 2.53 bits per heavy atom. The van der Waals surface area contributed by atoms with Gasteiger partial charge in [0.2, 0.25) is 5.91 Å². The quantitative estimate of drug-likeness (QED) is 0.585. The maximum atomic E-state index is 11.8. The second kappa shape index (κ2) is 6.08. The van der Waals surface area contributed by atoms with Crippen LogP contribution in [-0.4, -0.2) is 29.7 Å². The molecule has 0 aliphatic heterocycles. The highest BCUT2D eigenvalue weighted by molar-refractivity contribution is 5.86. The lowest BCUT2D eigenvalue weighted by molar-refractivity contribution is -0.127. The summed E-state index contributed by atoms with van der Waals surface area (Å²) in [6.45, 7) is 0.808. The highest BCUT2D eigenvalue weighted by Gasteiger charge is 2.34. The fraction of sp³-hybridized carbons (Fsp3) is 0.909. The molecule has 0 heterocycles. The SMILES string of the molecule is NC1(C(=O)NCCCCO)CCCCC1. The number of carbonyl (C=O) groups excluding carboxylic acids is 1.